The summed E-state index contributed by atoms with van der Waals surface area (Å²) < 4.78 is 0.388. The van der Waals surface area contributed by atoms with Crippen LogP contribution in [-0.2, 0) is 0 Å². The number of phenols is 1. The Morgan fingerprint density at radius 2 is 2.08 bits per heavy atom. The minimum atomic E-state index is -0.466. The van der Waals surface area contributed by atoms with Crippen molar-refractivity contribution in [1.82, 2.24) is 0 Å². The molecular weight excluding hydrogens is 238 g/mol. The van der Waals surface area contributed by atoms with Crippen LogP contribution < -0.4 is 0 Å². The van der Waals surface area contributed by atoms with Crippen molar-refractivity contribution < 1.29 is 10.0 Å². The van der Waals surface area contributed by atoms with E-state index in [0.29, 0.717) is 15.6 Å². The van der Waals surface area contributed by atoms with E-state index in [9.17, 15) is 15.2 Å². The van der Waals surface area contributed by atoms with Gasteiger partial charge in [0, 0.05) is 11.6 Å². The van der Waals surface area contributed by atoms with Crippen molar-refractivity contribution in [3.05, 3.63) is 31.8 Å². The maximum Gasteiger partial charge on any atom is 0.273 e. The smallest absolute Gasteiger partial charge is 0.273 e. The van der Waals surface area contributed by atoms with Crippen molar-refractivity contribution in [3.63, 3.8) is 0 Å². The van der Waals surface area contributed by atoms with Crippen molar-refractivity contribution in [2.75, 3.05) is 0 Å². The number of nitrogens with zero attached hydrogens (tertiary/aromatic N) is 1. The quantitative estimate of drug-likeness (QED) is 0.612. The van der Waals surface area contributed by atoms with Crippen LogP contribution in [-0.4, -0.2) is 10.0 Å². The number of benzene rings is 1. The first-order chi connectivity index (χ1) is 5.95. The first-order valence-electron chi connectivity index (χ1n) is 3.58. The standard InChI is InChI=1S/C8H8BrNO3/c1-4-3-6(10(12)13)5(2)7(9)8(4)11/h3,11H,1-2H3. The van der Waals surface area contributed by atoms with Gasteiger partial charge in [-0.2, -0.15) is 0 Å². The summed E-state index contributed by atoms with van der Waals surface area (Å²) in [7, 11) is 0. The Kier molecular flexibility index (Phi) is 2.56. The molecular formula is C8H8BrNO3. The molecule has 1 rings (SSSR count). The Balaban J connectivity index is 3.50. The van der Waals surface area contributed by atoms with Crippen LogP contribution >= 0.6 is 15.9 Å². The average molecular weight is 246 g/mol. The zero-order valence-electron chi connectivity index (χ0n) is 7.17. The maximum atomic E-state index is 10.5. The molecule has 0 aliphatic rings. The number of rotatable bonds is 1. The summed E-state index contributed by atoms with van der Waals surface area (Å²) in [5, 5.41) is 20.0. The fourth-order valence-electron chi connectivity index (χ4n) is 1.03. The van der Waals surface area contributed by atoms with E-state index in [1.54, 1.807) is 13.8 Å². The van der Waals surface area contributed by atoms with Crippen LogP contribution in [0.5, 0.6) is 5.75 Å². The molecule has 1 N–H and O–H groups in total. The van der Waals surface area contributed by atoms with Crippen LogP contribution in [0.3, 0.4) is 0 Å². The number of aromatic hydroxyl groups is 1. The molecule has 0 saturated heterocycles. The molecule has 0 spiro atoms. The van der Waals surface area contributed by atoms with Gasteiger partial charge >= 0.3 is 0 Å². The Bertz CT molecular complexity index is 376. The van der Waals surface area contributed by atoms with Gasteiger partial charge in [-0.1, -0.05) is 0 Å². The Morgan fingerprint density at radius 1 is 1.54 bits per heavy atom. The predicted molar refractivity (Wildman–Crippen MR) is 51.9 cm³/mol. The van der Waals surface area contributed by atoms with E-state index in [1.165, 1.54) is 6.07 Å². The summed E-state index contributed by atoms with van der Waals surface area (Å²) in [5.41, 5.74) is 0.944. The van der Waals surface area contributed by atoms with Crippen LogP contribution in [0.1, 0.15) is 11.1 Å². The lowest BCUT2D eigenvalue weighted by Crippen LogP contribution is -1.94. The first kappa shape index (κ1) is 9.98. The second-order valence-corrected chi connectivity index (χ2v) is 3.55. The van der Waals surface area contributed by atoms with Gasteiger partial charge in [-0.05, 0) is 35.3 Å². The van der Waals surface area contributed by atoms with Crippen molar-refractivity contribution in [2.24, 2.45) is 0 Å². The van der Waals surface area contributed by atoms with Gasteiger partial charge in [0.1, 0.15) is 5.75 Å². The molecule has 0 aliphatic heterocycles. The molecule has 0 aliphatic carbocycles. The zero-order valence-corrected chi connectivity index (χ0v) is 8.75. The largest absolute Gasteiger partial charge is 0.506 e. The lowest BCUT2D eigenvalue weighted by molar-refractivity contribution is -0.385. The zero-order chi connectivity index (χ0) is 10.2. The lowest BCUT2D eigenvalue weighted by Gasteiger charge is -2.05. The Labute approximate surface area is 83.5 Å². The minimum Gasteiger partial charge on any atom is -0.506 e. The highest BCUT2D eigenvalue weighted by Gasteiger charge is 2.17. The number of nitro groups is 1. The van der Waals surface area contributed by atoms with Crippen molar-refractivity contribution in [2.45, 2.75) is 13.8 Å². The maximum absolute atomic E-state index is 10.5. The molecule has 1 aromatic rings. The fourth-order valence-corrected chi connectivity index (χ4v) is 1.55. The molecule has 0 bridgehead atoms. The molecule has 0 aromatic heterocycles. The second-order valence-electron chi connectivity index (χ2n) is 2.76. The Morgan fingerprint density at radius 3 is 2.54 bits per heavy atom. The van der Waals surface area contributed by atoms with Crippen molar-refractivity contribution in [1.29, 1.82) is 0 Å². The third-order valence-corrected chi connectivity index (χ3v) is 2.82. The van der Waals surface area contributed by atoms with E-state index in [1.807, 2.05) is 0 Å². The van der Waals surface area contributed by atoms with E-state index < -0.39 is 4.92 Å². The van der Waals surface area contributed by atoms with Gasteiger partial charge in [0.05, 0.1) is 9.40 Å². The van der Waals surface area contributed by atoms with E-state index in [-0.39, 0.29) is 11.4 Å². The van der Waals surface area contributed by atoms with Crippen LogP contribution in [0.15, 0.2) is 10.5 Å². The highest BCUT2D eigenvalue weighted by atomic mass is 79.9. The normalized spacial score (nSPS) is 10.1. The molecule has 70 valence electrons. The number of nitro benzene ring substituents is 1. The number of hydrogen-bond donors (Lipinski definition) is 1. The van der Waals surface area contributed by atoms with E-state index in [0.717, 1.165) is 0 Å². The molecule has 0 fully saturated rings. The van der Waals surface area contributed by atoms with Gasteiger partial charge in [0.25, 0.3) is 5.69 Å². The predicted octanol–water partition coefficient (Wildman–Crippen LogP) is 2.68. The van der Waals surface area contributed by atoms with Gasteiger partial charge in [0.15, 0.2) is 0 Å². The molecule has 0 amide bonds. The number of phenolic OH excluding ortho intramolecular Hbond substituents is 1. The third-order valence-electron chi connectivity index (χ3n) is 1.84. The van der Waals surface area contributed by atoms with Crippen LogP contribution in [0.25, 0.3) is 0 Å². The summed E-state index contributed by atoms with van der Waals surface area (Å²) in [6, 6.07) is 1.36. The molecule has 13 heavy (non-hydrogen) atoms. The first-order valence-corrected chi connectivity index (χ1v) is 4.37. The molecule has 5 heteroatoms. The molecule has 0 saturated carbocycles. The Hall–Kier alpha value is -1.10. The van der Waals surface area contributed by atoms with Crippen molar-refractivity contribution in [3.8, 4) is 5.75 Å². The summed E-state index contributed by atoms with van der Waals surface area (Å²) >= 11 is 3.09. The van der Waals surface area contributed by atoms with Crippen LogP contribution in [0.4, 0.5) is 5.69 Å². The summed E-state index contributed by atoms with van der Waals surface area (Å²) in [5.74, 6) is 0.0584. The monoisotopic (exact) mass is 245 g/mol. The van der Waals surface area contributed by atoms with E-state index >= 15 is 0 Å². The molecule has 1 aromatic carbocycles. The molecule has 0 unspecified atom stereocenters. The fraction of sp³-hybridized carbons (Fsp3) is 0.250. The number of aryl methyl sites for hydroxylation is 1. The molecule has 4 nitrogen and oxygen atoms in total. The third kappa shape index (κ3) is 1.65. The highest BCUT2D eigenvalue weighted by molar-refractivity contribution is 9.10. The average Bonchev–Trinajstić information content (AvgIpc) is 2.07. The van der Waals surface area contributed by atoms with Crippen LogP contribution in [0.2, 0.25) is 0 Å². The highest BCUT2D eigenvalue weighted by Crippen LogP contribution is 2.36. The second kappa shape index (κ2) is 3.33. The van der Waals surface area contributed by atoms with Gasteiger partial charge < -0.3 is 5.11 Å². The van der Waals surface area contributed by atoms with Gasteiger partial charge in [-0.25, -0.2) is 0 Å². The summed E-state index contributed by atoms with van der Waals surface area (Å²) in [6.07, 6.45) is 0. The molecule has 0 heterocycles. The minimum absolute atomic E-state index is 0.0159. The van der Waals surface area contributed by atoms with Gasteiger partial charge in [-0.3, -0.25) is 10.1 Å². The van der Waals surface area contributed by atoms with Gasteiger partial charge in [-0.15, -0.1) is 0 Å². The lowest BCUT2D eigenvalue weighted by atomic mass is 10.1. The summed E-state index contributed by atoms with van der Waals surface area (Å²) in [4.78, 5) is 10.1. The molecule has 0 atom stereocenters. The molecule has 0 radical (unpaired) electrons. The summed E-state index contributed by atoms with van der Waals surface area (Å²) in [6.45, 7) is 3.20. The number of halogens is 1. The van der Waals surface area contributed by atoms with E-state index in [2.05, 4.69) is 15.9 Å². The van der Waals surface area contributed by atoms with Gasteiger partial charge in [0.2, 0.25) is 0 Å². The SMILES string of the molecule is Cc1cc([N+](=O)[O-])c(C)c(Br)c1O. The van der Waals surface area contributed by atoms with Crippen molar-refractivity contribution >= 4 is 21.6 Å². The van der Waals surface area contributed by atoms with Crippen LogP contribution in [0, 0.1) is 24.0 Å². The topological polar surface area (TPSA) is 63.4 Å². The number of hydrogen-bond acceptors (Lipinski definition) is 3. The van der Waals surface area contributed by atoms with E-state index in [4.69, 9.17) is 0 Å².